The molecule has 0 atom stereocenters. The highest BCUT2D eigenvalue weighted by Gasteiger charge is 2.12. The van der Waals surface area contributed by atoms with Crippen LogP contribution in [0.3, 0.4) is 0 Å². The first kappa shape index (κ1) is 14.0. The molecule has 19 heavy (non-hydrogen) atoms. The number of aromatic nitrogens is 3. The number of rotatable bonds is 2. The van der Waals surface area contributed by atoms with Crippen molar-refractivity contribution in [3.8, 4) is 0 Å². The van der Waals surface area contributed by atoms with E-state index in [1.807, 2.05) is 57.8 Å². The predicted molar refractivity (Wildman–Crippen MR) is 73.0 cm³/mol. The van der Waals surface area contributed by atoms with Crippen molar-refractivity contribution in [2.75, 3.05) is 5.73 Å². The smallest absolute Gasteiger partial charge is 0.272 e. The van der Waals surface area contributed by atoms with Crippen LogP contribution in [0.15, 0.2) is 53.4 Å². The second-order valence-corrected chi connectivity index (χ2v) is 4.78. The first-order chi connectivity index (χ1) is 8.75. The van der Waals surface area contributed by atoms with E-state index in [0.717, 1.165) is 21.8 Å². The van der Waals surface area contributed by atoms with Gasteiger partial charge in [-0.15, -0.1) is 0 Å². The van der Waals surface area contributed by atoms with E-state index >= 15 is 0 Å². The van der Waals surface area contributed by atoms with Crippen molar-refractivity contribution in [1.29, 1.82) is 0 Å². The fourth-order valence-electron chi connectivity index (χ4n) is 1.91. The topological polar surface area (TPSA) is 47.2 Å². The van der Waals surface area contributed by atoms with Crippen molar-refractivity contribution in [1.82, 2.24) is 9.38 Å². The van der Waals surface area contributed by atoms with Gasteiger partial charge in [0.2, 0.25) is 0 Å². The zero-order valence-corrected chi connectivity index (χ0v) is 13.2. The summed E-state index contributed by atoms with van der Waals surface area (Å²) in [7, 11) is 0. The number of anilines is 1. The van der Waals surface area contributed by atoms with E-state index in [0.29, 0.717) is 6.54 Å². The molecule has 0 saturated heterocycles. The molecule has 3 rings (SSSR count). The minimum absolute atomic E-state index is 0. The van der Waals surface area contributed by atoms with E-state index in [1.54, 1.807) is 0 Å². The maximum absolute atomic E-state index is 5.93. The molecule has 0 fully saturated rings. The third-order valence-corrected chi connectivity index (χ3v) is 3.67. The molecule has 0 radical (unpaired) electrons. The van der Waals surface area contributed by atoms with Gasteiger partial charge in [0, 0.05) is 12.3 Å². The largest absolute Gasteiger partial charge is 1.00 e. The van der Waals surface area contributed by atoms with Crippen molar-refractivity contribution in [3.63, 3.8) is 0 Å². The summed E-state index contributed by atoms with van der Waals surface area (Å²) in [5, 5.41) is 0. The zero-order chi connectivity index (χ0) is 12.5. The maximum Gasteiger partial charge on any atom is 0.272 e. The fraction of sp³-hybridized carbons (Fsp3) is 0.0769. The van der Waals surface area contributed by atoms with Gasteiger partial charge < -0.3 is 17.0 Å². The normalized spacial score (nSPS) is 10.4. The molecule has 2 N–H and O–H groups in total. The Morgan fingerprint density at radius 3 is 2.74 bits per heavy atom. The highest BCUT2D eigenvalue weighted by Crippen LogP contribution is 2.18. The SMILES string of the molecule is Nc1cccc[n+]1Cc1nc2ccccn2c1Br.[Br-]. The van der Waals surface area contributed by atoms with E-state index < -0.39 is 0 Å². The lowest BCUT2D eigenvalue weighted by Crippen LogP contribution is -3.00. The quantitative estimate of drug-likeness (QED) is 0.578. The van der Waals surface area contributed by atoms with Crippen molar-refractivity contribution >= 4 is 27.4 Å². The van der Waals surface area contributed by atoms with Gasteiger partial charge >= 0.3 is 0 Å². The van der Waals surface area contributed by atoms with Crippen molar-refractivity contribution < 1.29 is 21.5 Å². The number of pyridine rings is 2. The molecule has 3 heterocycles. The maximum atomic E-state index is 5.93. The summed E-state index contributed by atoms with van der Waals surface area (Å²) < 4.78 is 4.94. The van der Waals surface area contributed by atoms with E-state index in [-0.39, 0.29) is 17.0 Å². The van der Waals surface area contributed by atoms with Gasteiger partial charge in [-0.05, 0) is 34.1 Å². The van der Waals surface area contributed by atoms with E-state index in [4.69, 9.17) is 5.73 Å². The first-order valence-corrected chi connectivity index (χ1v) is 6.40. The summed E-state index contributed by atoms with van der Waals surface area (Å²) in [5.41, 5.74) is 7.81. The van der Waals surface area contributed by atoms with Crippen LogP contribution in [-0.4, -0.2) is 9.38 Å². The Kier molecular flexibility index (Phi) is 4.21. The van der Waals surface area contributed by atoms with Gasteiger partial charge in [0.25, 0.3) is 5.82 Å². The lowest BCUT2D eigenvalue weighted by Gasteiger charge is -2.00. The Bertz CT molecular complexity index is 709. The molecule has 0 unspecified atom stereocenters. The summed E-state index contributed by atoms with van der Waals surface area (Å²) in [6.45, 7) is 0.648. The molecule has 98 valence electrons. The van der Waals surface area contributed by atoms with E-state index in [2.05, 4.69) is 20.9 Å². The minimum atomic E-state index is 0. The van der Waals surface area contributed by atoms with Crippen LogP contribution in [0.2, 0.25) is 0 Å². The van der Waals surface area contributed by atoms with Crippen molar-refractivity contribution in [2.24, 2.45) is 0 Å². The lowest BCUT2D eigenvalue weighted by molar-refractivity contribution is -0.674. The summed E-state index contributed by atoms with van der Waals surface area (Å²) in [4.78, 5) is 4.59. The summed E-state index contributed by atoms with van der Waals surface area (Å²) in [5.74, 6) is 0.724. The average molecular weight is 384 g/mol. The summed E-state index contributed by atoms with van der Waals surface area (Å²) >= 11 is 3.58. The minimum Gasteiger partial charge on any atom is -1.00 e. The molecule has 6 heteroatoms. The van der Waals surface area contributed by atoms with Gasteiger partial charge in [-0.1, -0.05) is 12.1 Å². The molecule has 4 nitrogen and oxygen atoms in total. The summed E-state index contributed by atoms with van der Waals surface area (Å²) in [6, 6.07) is 11.7. The van der Waals surface area contributed by atoms with Crippen LogP contribution in [0, 0.1) is 0 Å². The zero-order valence-electron chi connectivity index (χ0n) is 10.0. The van der Waals surface area contributed by atoms with E-state index in [1.165, 1.54) is 0 Å². The second-order valence-electron chi connectivity index (χ2n) is 4.03. The number of nitrogens with two attached hydrogens (primary N) is 1. The number of imidazole rings is 1. The molecule has 0 bridgehead atoms. The predicted octanol–water partition coefficient (Wildman–Crippen LogP) is -0.981. The molecule has 0 aliphatic carbocycles. The Labute approximate surface area is 129 Å². The number of hydrogen-bond acceptors (Lipinski definition) is 2. The Morgan fingerprint density at radius 2 is 2.00 bits per heavy atom. The molecule has 0 aromatic carbocycles. The van der Waals surface area contributed by atoms with Gasteiger partial charge in [0.1, 0.15) is 22.5 Å². The molecule has 0 aliphatic rings. The van der Waals surface area contributed by atoms with Crippen molar-refractivity contribution in [2.45, 2.75) is 6.54 Å². The fourth-order valence-corrected chi connectivity index (χ4v) is 2.42. The third-order valence-electron chi connectivity index (χ3n) is 2.83. The standard InChI is InChI=1S/C13H11BrN4.BrH/c14-13-10(9-17-7-3-1-5-11(17)15)16-12-6-2-4-8-18(12)13;/h1-8,15H,9H2;1H. The molecule has 0 amide bonds. The third kappa shape index (κ3) is 2.64. The number of nitrogen functional groups attached to an aromatic ring is 1. The number of hydrogen-bond donors (Lipinski definition) is 1. The number of fused-ring (bicyclic) bond motifs is 1. The Morgan fingerprint density at radius 1 is 1.21 bits per heavy atom. The van der Waals surface area contributed by atoms with Crippen LogP contribution < -0.4 is 27.3 Å². The number of halogens is 2. The Hall–Kier alpha value is -1.40. The molecule has 0 aliphatic heterocycles. The van der Waals surface area contributed by atoms with Crippen LogP contribution in [0.5, 0.6) is 0 Å². The molecular formula is C13H12Br2N4. The summed E-state index contributed by atoms with van der Waals surface area (Å²) in [6.07, 6.45) is 3.93. The van der Waals surface area contributed by atoms with Gasteiger partial charge in [-0.3, -0.25) is 10.1 Å². The highest BCUT2D eigenvalue weighted by atomic mass is 79.9. The average Bonchev–Trinajstić information content (AvgIpc) is 2.70. The number of nitrogens with zero attached hydrogens (tertiary/aromatic N) is 3. The van der Waals surface area contributed by atoms with Crippen molar-refractivity contribution in [3.05, 3.63) is 59.1 Å². The van der Waals surface area contributed by atoms with Crippen LogP contribution >= 0.6 is 15.9 Å². The second kappa shape index (κ2) is 5.71. The van der Waals surface area contributed by atoms with Gasteiger partial charge in [0.05, 0.1) is 6.20 Å². The molecule has 3 aromatic rings. The highest BCUT2D eigenvalue weighted by molar-refractivity contribution is 9.10. The van der Waals surface area contributed by atoms with Crippen LogP contribution in [0.1, 0.15) is 5.69 Å². The molecule has 3 aromatic heterocycles. The van der Waals surface area contributed by atoms with Crippen LogP contribution in [-0.2, 0) is 6.54 Å². The van der Waals surface area contributed by atoms with E-state index in [9.17, 15) is 0 Å². The Balaban J connectivity index is 0.00000133. The van der Waals surface area contributed by atoms with Gasteiger partial charge in [0.15, 0.2) is 0 Å². The molecular weight excluding hydrogens is 372 g/mol. The lowest BCUT2D eigenvalue weighted by atomic mass is 10.4. The van der Waals surface area contributed by atoms with Gasteiger partial charge in [-0.25, -0.2) is 9.55 Å². The first-order valence-electron chi connectivity index (χ1n) is 5.61. The van der Waals surface area contributed by atoms with Crippen LogP contribution in [0.25, 0.3) is 5.65 Å². The van der Waals surface area contributed by atoms with Crippen LogP contribution in [0.4, 0.5) is 5.82 Å². The monoisotopic (exact) mass is 382 g/mol. The molecule has 0 spiro atoms. The molecule has 0 saturated carbocycles. The van der Waals surface area contributed by atoms with Gasteiger partial charge in [-0.2, -0.15) is 0 Å².